The Bertz CT molecular complexity index is 499. The van der Waals surface area contributed by atoms with Crippen LogP contribution in [0.1, 0.15) is 25.6 Å². The van der Waals surface area contributed by atoms with Gasteiger partial charge >= 0.3 is 5.97 Å². The van der Waals surface area contributed by atoms with Crippen LogP contribution in [-0.4, -0.2) is 51.2 Å². The number of carboxylic acid groups (broad SMARTS) is 1. The van der Waals surface area contributed by atoms with Gasteiger partial charge in [-0.3, -0.25) is 14.5 Å². The molecule has 1 aliphatic rings. The third kappa shape index (κ3) is 3.53. The van der Waals surface area contributed by atoms with Crippen LogP contribution in [0.2, 0.25) is 0 Å². The second kappa shape index (κ2) is 6.00. The number of carbonyl (C=O) groups excluding carboxylic acids is 1. The van der Waals surface area contributed by atoms with E-state index in [0.717, 1.165) is 0 Å². The Labute approximate surface area is 116 Å². The summed E-state index contributed by atoms with van der Waals surface area (Å²) >= 11 is 0. The van der Waals surface area contributed by atoms with E-state index in [1.807, 2.05) is 13.8 Å². The molecule has 8 heteroatoms. The van der Waals surface area contributed by atoms with Gasteiger partial charge in [-0.25, -0.2) is 0 Å². The lowest BCUT2D eigenvalue weighted by Gasteiger charge is -2.31. The third-order valence-electron chi connectivity index (χ3n) is 3.00. The number of aromatic nitrogens is 2. The Morgan fingerprint density at radius 3 is 3.00 bits per heavy atom. The molecule has 2 rings (SSSR count). The van der Waals surface area contributed by atoms with Crippen LogP contribution >= 0.6 is 0 Å². The molecule has 1 aromatic heterocycles. The summed E-state index contributed by atoms with van der Waals surface area (Å²) in [6.07, 6.45) is 0.701. The number of piperazine rings is 1. The monoisotopic (exact) mass is 282 g/mol. The maximum atomic E-state index is 11.4. The van der Waals surface area contributed by atoms with Crippen molar-refractivity contribution in [3.63, 3.8) is 0 Å². The highest BCUT2D eigenvalue weighted by atomic mass is 16.5. The number of carbonyl (C=O) groups is 2. The van der Waals surface area contributed by atoms with Gasteiger partial charge in [-0.2, -0.15) is 4.98 Å². The first kappa shape index (κ1) is 14.4. The molecule has 8 nitrogen and oxygen atoms in total. The van der Waals surface area contributed by atoms with Crippen molar-refractivity contribution < 1.29 is 19.2 Å². The number of rotatable bonds is 5. The van der Waals surface area contributed by atoms with Crippen molar-refractivity contribution in [2.24, 2.45) is 5.92 Å². The van der Waals surface area contributed by atoms with Crippen LogP contribution in [0.3, 0.4) is 0 Å². The minimum Gasteiger partial charge on any atom is -0.480 e. The van der Waals surface area contributed by atoms with E-state index in [9.17, 15) is 9.59 Å². The summed E-state index contributed by atoms with van der Waals surface area (Å²) < 4.78 is 5.10. The number of aliphatic carboxylic acids is 1. The average Bonchev–Trinajstić information content (AvgIpc) is 2.75. The van der Waals surface area contributed by atoms with Crippen molar-refractivity contribution >= 4 is 11.9 Å². The summed E-state index contributed by atoms with van der Waals surface area (Å²) in [4.78, 5) is 28.3. The van der Waals surface area contributed by atoms with Crippen LogP contribution in [0.4, 0.5) is 0 Å². The number of hydrogen-bond donors (Lipinski definition) is 2. The van der Waals surface area contributed by atoms with Gasteiger partial charge in [0, 0.05) is 13.0 Å². The predicted octanol–water partition coefficient (Wildman–Crippen LogP) is -0.347. The van der Waals surface area contributed by atoms with Crippen molar-refractivity contribution in [2.75, 3.05) is 13.1 Å². The lowest BCUT2D eigenvalue weighted by atomic mass is 10.1. The minimum absolute atomic E-state index is 0.0128. The second-order valence-corrected chi connectivity index (χ2v) is 5.27. The number of nitrogens with zero attached hydrogens (tertiary/aromatic N) is 3. The van der Waals surface area contributed by atoms with E-state index in [2.05, 4.69) is 15.5 Å². The lowest BCUT2D eigenvalue weighted by molar-refractivity contribution is -0.146. The number of hydrogen-bond acceptors (Lipinski definition) is 6. The maximum Gasteiger partial charge on any atom is 0.322 e. The highest BCUT2D eigenvalue weighted by Crippen LogP contribution is 2.11. The quantitative estimate of drug-likeness (QED) is 0.760. The van der Waals surface area contributed by atoms with Crippen molar-refractivity contribution in [3.05, 3.63) is 11.7 Å². The SMILES string of the molecule is CC(C)Cc1noc(CN2CC(=O)NCC2C(=O)O)n1. The van der Waals surface area contributed by atoms with Gasteiger partial charge in [0.15, 0.2) is 5.82 Å². The minimum atomic E-state index is -0.980. The Morgan fingerprint density at radius 2 is 2.35 bits per heavy atom. The summed E-state index contributed by atoms with van der Waals surface area (Å²) in [5.41, 5.74) is 0. The molecule has 0 radical (unpaired) electrons. The molecule has 1 aliphatic heterocycles. The topological polar surface area (TPSA) is 109 Å². The molecule has 0 aliphatic carbocycles. The van der Waals surface area contributed by atoms with E-state index in [1.54, 1.807) is 0 Å². The molecule has 0 spiro atoms. The van der Waals surface area contributed by atoms with Gasteiger partial charge in [0.2, 0.25) is 11.8 Å². The summed E-state index contributed by atoms with van der Waals surface area (Å²) in [6.45, 7) is 4.35. The van der Waals surface area contributed by atoms with Gasteiger partial charge in [0.25, 0.3) is 0 Å². The van der Waals surface area contributed by atoms with Crippen LogP contribution in [0, 0.1) is 5.92 Å². The fourth-order valence-corrected chi connectivity index (χ4v) is 2.08. The molecule has 1 fully saturated rings. The summed E-state index contributed by atoms with van der Waals surface area (Å²) in [6, 6.07) is -0.770. The molecule has 1 saturated heterocycles. The Hall–Kier alpha value is -1.96. The predicted molar refractivity (Wildman–Crippen MR) is 67.7 cm³/mol. The molecule has 1 unspecified atom stereocenters. The number of nitrogens with one attached hydrogen (secondary N) is 1. The molecule has 2 N–H and O–H groups in total. The molecular weight excluding hydrogens is 264 g/mol. The van der Waals surface area contributed by atoms with E-state index in [4.69, 9.17) is 9.63 Å². The number of carboxylic acids is 1. The van der Waals surface area contributed by atoms with Crippen molar-refractivity contribution in [2.45, 2.75) is 32.9 Å². The number of amides is 1. The summed E-state index contributed by atoms with van der Waals surface area (Å²) in [5, 5.41) is 15.5. The molecule has 1 atom stereocenters. The standard InChI is InChI=1S/C12H18N4O4/c1-7(2)3-9-14-11(20-15-9)6-16-5-10(17)13-4-8(16)12(18)19/h7-8H,3-6H2,1-2H3,(H,13,17)(H,18,19). The summed E-state index contributed by atoms with van der Waals surface area (Å²) in [5.74, 6) is 0.161. The highest BCUT2D eigenvalue weighted by molar-refractivity contribution is 5.83. The smallest absolute Gasteiger partial charge is 0.322 e. The van der Waals surface area contributed by atoms with Crippen LogP contribution in [0.5, 0.6) is 0 Å². The largest absolute Gasteiger partial charge is 0.480 e. The van der Waals surface area contributed by atoms with Crippen molar-refractivity contribution in [1.29, 1.82) is 0 Å². The molecule has 0 bridgehead atoms. The van der Waals surface area contributed by atoms with Gasteiger partial charge in [-0.1, -0.05) is 19.0 Å². The van der Waals surface area contributed by atoms with E-state index in [0.29, 0.717) is 24.1 Å². The van der Waals surface area contributed by atoms with Gasteiger partial charge in [0.05, 0.1) is 13.1 Å². The Morgan fingerprint density at radius 1 is 1.60 bits per heavy atom. The zero-order valence-electron chi connectivity index (χ0n) is 11.5. The first-order valence-corrected chi connectivity index (χ1v) is 6.50. The van der Waals surface area contributed by atoms with Crippen LogP contribution in [0.15, 0.2) is 4.52 Å². The Balaban J connectivity index is 2.04. The van der Waals surface area contributed by atoms with Gasteiger partial charge in [-0.15, -0.1) is 0 Å². The Kier molecular flexibility index (Phi) is 4.33. The lowest BCUT2D eigenvalue weighted by Crippen LogP contribution is -2.56. The zero-order chi connectivity index (χ0) is 14.7. The van der Waals surface area contributed by atoms with E-state index in [1.165, 1.54) is 4.90 Å². The maximum absolute atomic E-state index is 11.4. The fourth-order valence-electron chi connectivity index (χ4n) is 2.08. The fraction of sp³-hybridized carbons (Fsp3) is 0.667. The first-order valence-electron chi connectivity index (χ1n) is 6.50. The van der Waals surface area contributed by atoms with Crippen molar-refractivity contribution in [1.82, 2.24) is 20.4 Å². The molecule has 1 amide bonds. The highest BCUT2D eigenvalue weighted by Gasteiger charge is 2.32. The van der Waals surface area contributed by atoms with Gasteiger partial charge in [-0.05, 0) is 5.92 Å². The van der Waals surface area contributed by atoms with Crippen LogP contribution < -0.4 is 5.32 Å². The molecule has 20 heavy (non-hydrogen) atoms. The molecule has 110 valence electrons. The average molecular weight is 282 g/mol. The molecular formula is C12H18N4O4. The molecule has 0 saturated carbocycles. The van der Waals surface area contributed by atoms with E-state index >= 15 is 0 Å². The second-order valence-electron chi connectivity index (χ2n) is 5.27. The zero-order valence-corrected chi connectivity index (χ0v) is 11.5. The van der Waals surface area contributed by atoms with E-state index in [-0.39, 0.29) is 25.5 Å². The van der Waals surface area contributed by atoms with Gasteiger partial charge in [0.1, 0.15) is 6.04 Å². The molecule has 1 aromatic rings. The summed E-state index contributed by atoms with van der Waals surface area (Å²) in [7, 11) is 0. The normalized spacial score (nSPS) is 20.1. The van der Waals surface area contributed by atoms with Crippen molar-refractivity contribution in [3.8, 4) is 0 Å². The molecule has 2 heterocycles. The molecule has 0 aromatic carbocycles. The van der Waals surface area contributed by atoms with Crippen LogP contribution in [0.25, 0.3) is 0 Å². The van der Waals surface area contributed by atoms with Gasteiger partial charge < -0.3 is 14.9 Å². The van der Waals surface area contributed by atoms with Crippen LogP contribution in [-0.2, 0) is 22.6 Å². The van der Waals surface area contributed by atoms with E-state index < -0.39 is 12.0 Å². The first-order chi connectivity index (χ1) is 9.45. The third-order valence-corrected chi connectivity index (χ3v) is 3.00.